The van der Waals surface area contributed by atoms with Gasteiger partial charge in [-0.1, -0.05) is 0 Å². The van der Waals surface area contributed by atoms with E-state index >= 15 is 0 Å². The third-order valence-corrected chi connectivity index (χ3v) is 3.75. The van der Waals surface area contributed by atoms with Crippen molar-refractivity contribution in [2.45, 2.75) is 38.0 Å². The van der Waals surface area contributed by atoms with Crippen LogP contribution in [0.1, 0.15) is 31.2 Å². The van der Waals surface area contributed by atoms with Gasteiger partial charge in [0.2, 0.25) is 0 Å². The van der Waals surface area contributed by atoms with Crippen molar-refractivity contribution in [1.29, 1.82) is 0 Å². The second kappa shape index (κ2) is 5.91. The Morgan fingerprint density at radius 2 is 1.85 bits per heavy atom. The molecular weight excluding hydrogens is 269 g/mol. The highest BCUT2D eigenvalue weighted by molar-refractivity contribution is 5.59. The number of hydrogen-bond acceptors (Lipinski definition) is 3. The van der Waals surface area contributed by atoms with E-state index in [0.717, 1.165) is 31.7 Å². The molecule has 1 aliphatic rings. The van der Waals surface area contributed by atoms with Crippen LogP contribution in [0.25, 0.3) is 0 Å². The Balaban J connectivity index is 2.02. The number of anilines is 2. The first kappa shape index (κ1) is 15.0. The molecule has 1 aromatic carbocycles. The van der Waals surface area contributed by atoms with Gasteiger partial charge in [0, 0.05) is 17.9 Å². The van der Waals surface area contributed by atoms with Gasteiger partial charge in [0.1, 0.15) is 0 Å². The van der Waals surface area contributed by atoms with Crippen molar-refractivity contribution in [3.8, 4) is 0 Å². The van der Waals surface area contributed by atoms with E-state index in [1.165, 1.54) is 12.1 Å². The van der Waals surface area contributed by atoms with Gasteiger partial charge in [-0.2, -0.15) is 13.2 Å². The standard InChI is InChI=1S/C14H19F3N2O/c15-14(16,17)12-7-10(18)3-6-13(12)19-8-9-1-4-11(20)5-2-9/h3,6-7,9,11,19-20H,1-2,4-5,8,18H2. The van der Waals surface area contributed by atoms with Crippen LogP contribution >= 0.6 is 0 Å². The number of nitrogen functional groups attached to an aromatic ring is 1. The number of rotatable bonds is 3. The van der Waals surface area contributed by atoms with Crippen molar-refractivity contribution in [3.63, 3.8) is 0 Å². The van der Waals surface area contributed by atoms with Crippen molar-refractivity contribution in [1.82, 2.24) is 0 Å². The highest BCUT2D eigenvalue weighted by Crippen LogP contribution is 2.36. The Kier molecular flexibility index (Phi) is 4.42. The molecule has 4 N–H and O–H groups in total. The Labute approximate surface area is 116 Å². The third kappa shape index (κ3) is 3.79. The van der Waals surface area contributed by atoms with Gasteiger partial charge in [-0.25, -0.2) is 0 Å². The molecular formula is C14H19F3N2O. The molecule has 1 fully saturated rings. The summed E-state index contributed by atoms with van der Waals surface area (Å²) in [7, 11) is 0. The van der Waals surface area contributed by atoms with Gasteiger partial charge in [0.05, 0.1) is 11.7 Å². The summed E-state index contributed by atoms with van der Waals surface area (Å²) >= 11 is 0. The lowest BCUT2D eigenvalue weighted by atomic mass is 9.87. The van der Waals surface area contributed by atoms with Crippen molar-refractivity contribution in [2.75, 3.05) is 17.6 Å². The van der Waals surface area contributed by atoms with E-state index in [2.05, 4.69) is 5.32 Å². The molecule has 1 saturated carbocycles. The van der Waals surface area contributed by atoms with Gasteiger partial charge < -0.3 is 16.2 Å². The van der Waals surface area contributed by atoms with Crippen molar-refractivity contribution in [2.24, 2.45) is 5.92 Å². The van der Waals surface area contributed by atoms with E-state index in [1.54, 1.807) is 0 Å². The lowest BCUT2D eigenvalue weighted by molar-refractivity contribution is -0.136. The van der Waals surface area contributed by atoms with Crippen molar-refractivity contribution < 1.29 is 18.3 Å². The Morgan fingerprint density at radius 1 is 1.20 bits per heavy atom. The van der Waals surface area contributed by atoms with Gasteiger partial charge in [0.25, 0.3) is 0 Å². The van der Waals surface area contributed by atoms with Crippen molar-refractivity contribution in [3.05, 3.63) is 23.8 Å². The fourth-order valence-corrected chi connectivity index (χ4v) is 2.55. The van der Waals surface area contributed by atoms with Crippen LogP contribution in [0.5, 0.6) is 0 Å². The highest BCUT2D eigenvalue weighted by Gasteiger charge is 2.33. The van der Waals surface area contributed by atoms with Crippen LogP contribution in [0, 0.1) is 5.92 Å². The number of hydrogen-bond donors (Lipinski definition) is 3. The topological polar surface area (TPSA) is 58.3 Å². The lowest BCUT2D eigenvalue weighted by Gasteiger charge is -2.26. The fourth-order valence-electron chi connectivity index (χ4n) is 2.55. The second-order valence-corrected chi connectivity index (χ2v) is 5.36. The van der Waals surface area contributed by atoms with Gasteiger partial charge >= 0.3 is 6.18 Å². The van der Waals surface area contributed by atoms with E-state index in [4.69, 9.17) is 5.73 Å². The largest absolute Gasteiger partial charge is 0.418 e. The number of benzene rings is 1. The van der Waals surface area contributed by atoms with E-state index < -0.39 is 11.7 Å². The minimum absolute atomic E-state index is 0.0674. The van der Waals surface area contributed by atoms with E-state index in [-0.39, 0.29) is 17.5 Å². The van der Waals surface area contributed by atoms with Crippen LogP contribution in [0.15, 0.2) is 18.2 Å². The van der Waals surface area contributed by atoms with Crippen LogP contribution in [0.2, 0.25) is 0 Å². The number of nitrogens with two attached hydrogens (primary N) is 1. The normalized spacial score (nSPS) is 23.6. The van der Waals surface area contributed by atoms with Crippen molar-refractivity contribution >= 4 is 11.4 Å². The van der Waals surface area contributed by atoms with E-state index in [9.17, 15) is 18.3 Å². The molecule has 1 aromatic rings. The first-order valence-corrected chi connectivity index (χ1v) is 6.75. The van der Waals surface area contributed by atoms with Gasteiger partial charge in [-0.15, -0.1) is 0 Å². The number of aliphatic hydroxyl groups is 1. The third-order valence-electron chi connectivity index (χ3n) is 3.75. The second-order valence-electron chi connectivity index (χ2n) is 5.36. The maximum Gasteiger partial charge on any atom is 0.418 e. The quantitative estimate of drug-likeness (QED) is 0.748. The van der Waals surface area contributed by atoms with Gasteiger partial charge in [0.15, 0.2) is 0 Å². The Morgan fingerprint density at radius 3 is 2.45 bits per heavy atom. The van der Waals surface area contributed by atoms with Crippen LogP contribution < -0.4 is 11.1 Å². The lowest BCUT2D eigenvalue weighted by Crippen LogP contribution is -2.24. The molecule has 0 amide bonds. The van der Waals surface area contributed by atoms with Crippen LogP contribution in [-0.4, -0.2) is 17.8 Å². The SMILES string of the molecule is Nc1ccc(NCC2CCC(O)CC2)c(C(F)(F)F)c1. The predicted octanol–water partition coefficient (Wildman–Crippen LogP) is 3.25. The highest BCUT2D eigenvalue weighted by atomic mass is 19.4. The number of nitrogens with one attached hydrogen (secondary N) is 1. The smallest absolute Gasteiger partial charge is 0.399 e. The summed E-state index contributed by atoms with van der Waals surface area (Å²) in [4.78, 5) is 0. The minimum Gasteiger partial charge on any atom is -0.399 e. The van der Waals surface area contributed by atoms with Gasteiger partial charge in [-0.3, -0.25) is 0 Å². The molecule has 0 saturated heterocycles. The zero-order valence-corrected chi connectivity index (χ0v) is 11.1. The molecule has 6 heteroatoms. The molecule has 0 bridgehead atoms. The average Bonchev–Trinajstić information content (AvgIpc) is 2.38. The number of halogens is 3. The Bertz CT molecular complexity index is 454. The molecule has 0 unspecified atom stereocenters. The Hall–Kier alpha value is -1.43. The zero-order chi connectivity index (χ0) is 14.8. The molecule has 112 valence electrons. The first-order valence-electron chi connectivity index (χ1n) is 6.75. The summed E-state index contributed by atoms with van der Waals surface area (Å²) < 4.78 is 38.7. The summed E-state index contributed by atoms with van der Waals surface area (Å²) in [6, 6.07) is 3.78. The summed E-state index contributed by atoms with van der Waals surface area (Å²) in [6.07, 6.45) is -1.55. The molecule has 3 nitrogen and oxygen atoms in total. The summed E-state index contributed by atoms with van der Waals surface area (Å²) in [6.45, 7) is 0.486. The van der Waals surface area contributed by atoms with Gasteiger partial charge in [-0.05, 0) is 49.8 Å². The molecule has 0 spiro atoms. The van der Waals surface area contributed by atoms with E-state index in [1.807, 2.05) is 0 Å². The molecule has 0 aromatic heterocycles. The zero-order valence-electron chi connectivity index (χ0n) is 11.1. The molecule has 20 heavy (non-hydrogen) atoms. The summed E-state index contributed by atoms with van der Waals surface area (Å²) in [5.41, 5.74) is 4.86. The van der Waals surface area contributed by atoms with E-state index in [0.29, 0.717) is 12.5 Å². The number of alkyl halides is 3. The predicted molar refractivity (Wildman–Crippen MR) is 72.3 cm³/mol. The van der Waals surface area contributed by atoms with Crippen LogP contribution in [0.3, 0.4) is 0 Å². The first-order chi connectivity index (χ1) is 9.36. The molecule has 0 atom stereocenters. The summed E-state index contributed by atoms with van der Waals surface area (Å²) in [5.74, 6) is 0.303. The summed E-state index contributed by atoms with van der Waals surface area (Å²) in [5, 5.41) is 12.3. The number of aliphatic hydroxyl groups excluding tert-OH is 1. The molecule has 1 aliphatic carbocycles. The molecule has 2 rings (SSSR count). The average molecular weight is 288 g/mol. The fraction of sp³-hybridized carbons (Fsp3) is 0.571. The molecule has 0 heterocycles. The maximum atomic E-state index is 12.9. The minimum atomic E-state index is -4.42. The maximum absolute atomic E-state index is 12.9. The van der Waals surface area contributed by atoms with Crippen LogP contribution in [0.4, 0.5) is 24.5 Å². The monoisotopic (exact) mass is 288 g/mol. The molecule has 0 radical (unpaired) electrons. The van der Waals surface area contributed by atoms with Crippen LogP contribution in [-0.2, 0) is 6.18 Å². The molecule has 0 aliphatic heterocycles.